The highest BCUT2D eigenvalue weighted by atomic mass is 28.4. The third-order valence-corrected chi connectivity index (χ3v) is 4.37. The van der Waals surface area contributed by atoms with E-state index in [0.29, 0.717) is 5.92 Å². The molecule has 92 valence electrons. The minimum absolute atomic E-state index is 0.649. The van der Waals surface area contributed by atoms with Crippen molar-refractivity contribution in [1.82, 2.24) is 0 Å². The van der Waals surface area contributed by atoms with Crippen molar-refractivity contribution in [2.24, 2.45) is 5.92 Å². The molecule has 0 heterocycles. The van der Waals surface area contributed by atoms with Gasteiger partial charge in [-0.25, -0.2) is 0 Å². The molecule has 0 aromatic rings. The predicted octanol–water partition coefficient (Wildman–Crippen LogP) is 3.96. The van der Waals surface area contributed by atoms with Gasteiger partial charge in [0.2, 0.25) is 0 Å². The number of hydrogen-bond acceptors (Lipinski definition) is 2. The molecule has 2 nitrogen and oxygen atoms in total. The predicted molar refractivity (Wildman–Crippen MR) is 68.4 cm³/mol. The molecule has 0 bridgehead atoms. The van der Waals surface area contributed by atoms with Crippen LogP contribution in [0.1, 0.15) is 46.5 Å². The third-order valence-electron chi connectivity index (χ3n) is 2.61. The molecule has 0 saturated heterocycles. The zero-order valence-electron chi connectivity index (χ0n) is 11.1. The zero-order chi connectivity index (χ0) is 11.7. The highest BCUT2D eigenvalue weighted by Crippen LogP contribution is 2.11. The van der Waals surface area contributed by atoms with Crippen LogP contribution in [0.15, 0.2) is 0 Å². The van der Waals surface area contributed by atoms with Crippen molar-refractivity contribution in [3.05, 3.63) is 0 Å². The standard InChI is InChI=1S/C12H28O2Si/c1-6-8-9-10-13-15(4,5)14-11-12(3)7-2/h12H,6-11H2,1-5H3. The van der Waals surface area contributed by atoms with Crippen molar-refractivity contribution >= 4 is 8.56 Å². The number of unbranched alkanes of at least 4 members (excludes halogenated alkanes) is 2. The van der Waals surface area contributed by atoms with Gasteiger partial charge in [-0.3, -0.25) is 0 Å². The second-order valence-electron chi connectivity index (χ2n) is 4.78. The summed E-state index contributed by atoms with van der Waals surface area (Å²) in [5.74, 6) is 0.649. The van der Waals surface area contributed by atoms with Gasteiger partial charge in [-0.1, -0.05) is 40.0 Å². The first-order valence-electron chi connectivity index (χ1n) is 6.29. The Balaban J connectivity index is 3.57. The second-order valence-corrected chi connectivity index (χ2v) is 8.16. The molecule has 0 radical (unpaired) electrons. The van der Waals surface area contributed by atoms with E-state index in [1.54, 1.807) is 0 Å². The van der Waals surface area contributed by atoms with Gasteiger partial charge in [-0.15, -0.1) is 0 Å². The maximum absolute atomic E-state index is 5.88. The SMILES string of the molecule is CCCCCO[Si](C)(C)OCC(C)CC. The van der Waals surface area contributed by atoms with Crippen LogP contribution >= 0.6 is 0 Å². The summed E-state index contributed by atoms with van der Waals surface area (Å²) in [5.41, 5.74) is 0. The van der Waals surface area contributed by atoms with Gasteiger partial charge in [0, 0.05) is 13.2 Å². The molecule has 0 spiro atoms. The van der Waals surface area contributed by atoms with Crippen LogP contribution in [-0.4, -0.2) is 21.8 Å². The van der Waals surface area contributed by atoms with Gasteiger partial charge >= 0.3 is 8.56 Å². The Morgan fingerprint density at radius 2 is 1.73 bits per heavy atom. The fourth-order valence-electron chi connectivity index (χ4n) is 1.17. The van der Waals surface area contributed by atoms with Crippen molar-refractivity contribution in [3.8, 4) is 0 Å². The molecular formula is C12H28O2Si. The van der Waals surface area contributed by atoms with E-state index >= 15 is 0 Å². The topological polar surface area (TPSA) is 18.5 Å². The van der Waals surface area contributed by atoms with Crippen molar-refractivity contribution in [2.45, 2.75) is 59.5 Å². The summed E-state index contributed by atoms with van der Waals surface area (Å²) in [6, 6.07) is 0. The molecule has 0 fully saturated rings. The van der Waals surface area contributed by atoms with Crippen LogP contribution in [0.5, 0.6) is 0 Å². The van der Waals surface area contributed by atoms with Crippen LogP contribution in [0.25, 0.3) is 0 Å². The molecular weight excluding hydrogens is 204 g/mol. The maximum Gasteiger partial charge on any atom is 0.331 e. The van der Waals surface area contributed by atoms with Crippen molar-refractivity contribution in [1.29, 1.82) is 0 Å². The van der Waals surface area contributed by atoms with E-state index in [2.05, 4.69) is 33.9 Å². The van der Waals surface area contributed by atoms with Crippen LogP contribution in [0.3, 0.4) is 0 Å². The monoisotopic (exact) mass is 232 g/mol. The zero-order valence-corrected chi connectivity index (χ0v) is 12.1. The normalized spacial score (nSPS) is 14.2. The van der Waals surface area contributed by atoms with Crippen LogP contribution in [0, 0.1) is 5.92 Å². The average molecular weight is 232 g/mol. The van der Waals surface area contributed by atoms with E-state index in [9.17, 15) is 0 Å². The van der Waals surface area contributed by atoms with Gasteiger partial charge in [0.15, 0.2) is 0 Å². The highest BCUT2D eigenvalue weighted by Gasteiger charge is 2.24. The van der Waals surface area contributed by atoms with E-state index in [1.807, 2.05) is 0 Å². The molecule has 15 heavy (non-hydrogen) atoms. The van der Waals surface area contributed by atoms with E-state index < -0.39 is 8.56 Å². The van der Waals surface area contributed by atoms with E-state index in [4.69, 9.17) is 8.85 Å². The van der Waals surface area contributed by atoms with Crippen molar-refractivity contribution in [2.75, 3.05) is 13.2 Å². The Bertz CT molecular complexity index is 149. The van der Waals surface area contributed by atoms with Crippen molar-refractivity contribution in [3.63, 3.8) is 0 Å². The molecule has 0 aromatic heterocycles. The fraction of sp³-hybridized carbons (Fsp3) is 1.00. The Morgan fingerprint density at radius 3 is 2.27 bits per heavy atom. The lowest BCUT2D eigenvalue weighted by atomic mass is 10.1. The summed E-state index contributed by atoms with van der Waals surface area (Å²) < 4.78 is 11.7. The Labute approximate surface area is 96.6 Å². The Kier molecular flexibility index (Phi) is 8.38. The molecule has 1 atom stereocenters. The minimum Gasteiger partial charge on any atom is -0.395 e. The van der Waals surface area contributed by atoms with Gasteiger partial charge in [0.1, 0.15) is 0 Å². The average Bonchev–Trinajstić information content (AvgIpc) is 2.21. The summed E-state index contributed by atoms with van der Waals surface area (Å²) in [6.07, 6.45) is 4.86. The molecule has 0 aliphatic rings. The smallest absolute Gasteiger partial charge is 0.331 e. The van der Waals surface area contributed by atoms with Crippen molar-refractivity contribution < 1.29 is 8.85 Å². The molecule has 0 rings (SSSR count). The van der Waals surface area contributed by atoms with Crippen LogP contribution in [0.4, 0.5) is 0 Å². The molecule has 0 aromatic carbocycles. The van der Waals surface area contributed by atoms with E-state index in [1.165, 1.54) is 25.7 Å². The lowest BCUT2D eigenvalue weighted by Gasteiger charge is -2.24. The van der Waals surface area contributed by atoms with E-state index in [0.717, 1.165) is 13.2 Å². The molecule has 3 heteroatoms. The van der Waals surface area contributed by atoms with Crippen LogP contribution in [0.2, 0.25) is 13.1 Å². The van der Waals surface area contributed by atoms with Gasteiger partial charge in [0.25, 0.3) is 0 Å². The Morgan fingerprint density at radius 1 is 1.07 bits per heavy atom. The number of hydrogen-bond donors (Lipinski definition) is 0. The maximum atomic E-state index is 5.88. The molecule has 0 saturated carbocycles. The first kappa shape index (κ1) is 15.1. The summed E-state index contributed by atoms with van der Waals surface area (Å²) in [6.45, 7) is 12.6. The summed E-state index contributed by atoms with van der Waals surface area (Å²) >= 11 is 0. The minimum atomic E-state index is -1.83. The summed E-state index contributed by atoms with van der Waals surface area (Å²) in [5, 5.41) is 0. The molecule has 1 unspecified atom stereocenters. The van der Waals surface area contributed by atoms with E-state index in [-0.39, 0.29) is 0 Å². The van der Waals surface area contributed by atoms with Gasteiger partial charge < -0.3 is 8.85 Å². The Hall–Kier alpha value is 0.137. The summed E-state index contributed by atoms with van der Waals surface area (Å²) in [4.78, 5) is 0. The first-order valence-corrected chi connectivity index (χ1v) is 9.11. The fourth-order valence-corrected chi connectivity index (χ4v) is 2.58. The van der Waals surface area contributed by atoms with Crippen LogP contribution in [-0.2, 0) is 8.85 Å². The van der Waals surface area contributed by atoms with Gasteiger partial charge in [-0.2, -0.15) is 0 Å². The lowest BCUT2D eigenvalue weighted by molar-refractivity contribution is 0.154. The number of rotatable bonds is 9. The molecule has 0 N–H and O–H groups in total. The second kappa shape index (κ2) is 8.31. The molecule has 0 amide bonds. The highest BCUT2D eigenvalue weighted by molar-refractivity contribution is 6.64. The first-order chi connectivity index (χ1) is 7.02. The quantitative estimate of drug-likeness (QED) is 0.442. The molecule has 0 aliphatic carbocycles. The van der Waals surface area contributed by atoms with Gasteiger partial charge in [0.05, 0.1) is 0 Å². The summed E-state index contributed by atoms with van der Waals surface area (Å²) in [7, 11) is -1.83. The lowest BCUT2D eigenvalue weighted by Crippen LogP contribution is -2.36. The van der Waals surface area contributed by atoms with Crippen LogP contribution < -0.4 is 0 Å². The van der Waals surface area contributed by atoms with Gasteiger partial charge in [-0.05, 0) is 25.4 Å². The third kappa shape index (κ3) is 9.09. The largest absolute Gasteiger partial charge is 0.395 e. The molecule has 0 aliphatic heterocycles.